The zero-order valence-corrected chi connectivity index (χ0v) is 14.6. The molecule has 7 nitrogen and oxygen atoms in total. The van der Waals surface area contributed by atoms with Crippen LogP contribution in [0.1, 0.15) is 28.4 Å². The first-order valence-corrected chi connectivity index (χ1v) is 7.01. The summed E-state index contributed by atoms with van der Waals surface area (Å²) in [6.07, 6.45) is 3.06. The molecule has 1 amide bonds. The second kappa shape index (κ2) is 8.24. The molecule has 23 heavy (non-hydrogen) atoms. The fourth-order valence-corrected chi connectivity index (χ4v) is 2.37. The Labute approximate surface area is 146 Å². The molecule has 1 aliphatic rings. The van der Waals surface area contributed by atoms with Gasteiger partial charge in [0, 0.05) is 24.5 Å². The summed E-state index contributed by atoms with van der Waals surface area (Å²) in [6.45, 7) is 6.17. The normalized spacial score (nSPS) is 13.7. The Morgan fingerprint density at radius 3 is 2.83 bits per heavy atom. The maximum atomic E-state index is 12.1. The molecule has 0 spiro atoms. The summed E-state index contributed by atoms with van der Waals surface area (Å²) in [5, 5.41) is 10.3. The maximum absolute atomic E-state index is 12.1. The number of fused-ring (bicyclic) bond motifs is 1. The van der Waals surface area contributed by atoms with E-state index in [9.17, 15) is 4.79 Å². The van der Waals surface area contributed by atoms with Gasteiger partial charge >= 0.3 is 0 Å². The van der Waals surface area contributed by atoms with Crippen molar-refractivity contribution >= 4 is 36.5 Å². The van der Waals surface area contributed by atoms with Crippen molar-refractivity contribution in [1.82, 2.24) is 30.2 Å². The van der Waals surface area contributed by atoms with Crippen LogP contribution in [0, 0.1) is 13.8 Å². The zero-order valence-electron chi connectivity index (χ0n) is 13.0. The third kappa shape index (κ3) is 4.40. The second-order valence-electron chi connectivity index (χ2n) is 5.19. The number of aromatic nitrogens is 4. The van der Waals surface area contributed by atoms with E-state index in [1.165, 1.54) is 5.57 Å². The molecule has 0 fully saturated rings. The monoisotopic (exact) mass is 358 g/mol. The van der Waals surface area contributed by atoms with Crippen molar-refractivity contribution in [3.63, 3.8) is 0 Å². The number of nitrogens with one attached hydrogen (secondary N) is 2. The molecule has 126 valence electrons. The van der Waals surface area contributed by atoms with Crippen LogP contribution in [0.15, 0.2) is 17.7 Å². The van der Waals surface area contributed by atoms with Crippen LogP contribution in [0.2, 0.25) is 0 Å². The molecule has 2 N–H and O–H groups in total. The number of nitrogens with zero attached hydrogens (tertiary/aromatic N) is 4. The number of carbonyl (C=O) groups is 1. The Bertz CT molecular complexity index is 727. The number of carbonyl (C=O) groups excluding carboxylic acids is 1. The lowest BCUT2D eigenvalue weighted by Gasteiger charge is -2.13. The van der Waals surface area contributed by atoms with E-state index in [1.807, 2.05) is 19.9 Å². The number of hydrogen-bond donors (Lipinski definition) is 2. The van der Waals surface area contributed by atoms with Crippen LogP contribution in [0.5, 0.6) is 0 Å². The molecule has 0 unspecified atom stereocenters. The molecule has 0 radical (unpaired) electrons. The van der Waals surface area contributed by atoms with Gasteiger partial charge in [0.2, 0.25) is 5.82 Å². The SMILES string of the molecule is Cc1cc(C)n2nc(C(=O)NCC3=CCNCC3)nc2n1.Cl.Cl. The van der Waals surface area contributed by atoms with E-state index in [2.05, 4.69) is 31.8 Å². The Balaban J connectivity index is 0.00000132. The van der Waals surface area contributed by atoms with Crippen molar-refractivity contribution in [2.75, 3.05) is 19.6 Å². The molecule has 0 saturated heterocycles. The molecule has 0 atom stereocenters. The van der Waals surface area contributed by atoms with Gasteiger partial charge in [0.1, 0.15) is 0 Å². The van der Waals surface area contributed by atoms with Crippen LogP contribution in [-0.4, -0.2) is 45.1 Å². The minimum atomic E-state index is -0.267. The van der Waals surface area contributed by atoms with Crippen molar-refractivity contribution in [3.05, 3.63) is 34.9 Å². The van der Waals surface area contributed by atoms with Crippen molar-refractivity contribution in [2.24, 2.45) is 0 Å². The predicted octanol–water partition coefficient (Wildman–Crippen LogP) is 1.23. The summed E-state index contributed by atoms with van der Waals surface area (Å²) in [5.41, 5.74) is 3.00. The van der Waals surface area contributed by atoms with E-state index in [1.54, 1.807) is 4.52 Å². The summed E-state index contributed by atoms with van der Waals surface area (Å²) in [4.78, 5) is 20.6. The van der Waals surface area contributed by atoms with Gasteiger partial charge in [0.05, 0.1) is 0 Å². The Hall–Kier alpha value is -1.70. The molecule has 0 aliphatic carbocycles. The van der Waals surface area contributed by atoms with Gasteiger partial charge in [0.15, 0.2) is 0 Å². The molecular weight excluding hydrogens is 339 g/mol. The maximum Gasteiger partial charge on any atom is 0.291 e. The lowest BCUT2D eigenvalue weighted by Crippen LogP contribution is -2.30. The number of rotatable bonds is 3. The molecule has 9 heteroatoms. The molecular formula is C14H20Cl2N6O. The van der Waals surface area contributed by atoms with Crippen molar-refractivity contribution in [1.29, 1.82) is 0 Å². The quantitative estimate of drug-likeness (QED) is 0.806. The molecule has 3 rings (SSSR count). The summed E-state index contributed by atoms with van der Waals surface area (Å²) >= 11 is 0. The molecule has 1 aliphatic heterocycles. The van der Waals surface area contributed by atoms with Gasteiger partial charge in [-0.2, -0.15) is 4.98 Å². The molecule has 0 saturated carbocycles. The molecule has 3 heterocycles. The van der Waals surface area contributed by atoms with Crippen molar-refractivity contribution in [3.8, 4) is 0 Å². The first kappa shape index (κ1) is 19.3. The Kier molecular flexibility index (Phi) is 6.93. The van der Waals surface area contributed by atoms with E-state index < -0.39 is 0 Å². The lowest BCUT2D eigenvalue weighted by molar-refractivity contribution is 0.0946. The largest absolute Gasteiger partial charge is 0.346 e. The fraction of sp³-hybridized carbons (Fsp3) is 0.429. The third-order valence-corrected chi connectivity index (χ3v) is 3.46. The van der Waals surface area contributed by atoms with Crippen LogP contribution < -0.4 is 10.6 Å². The van der Waals surface area contributed by atoms with E-state index in [0.717, 1.165) is 30.9 Å². The zero-order chi connectivity index (χ0) is 14.8. The Morgan fingerprint density at radius 2 is 2.13 bits per heavy atom. The van der Waals surface area contributed by atoms with E-state index in [0.29, 0.717) is 12.3 Å². The molecule has 2 aromatic rings. The van der Waals surface area contributed by atoms with Crippen molar-refractivity contribution in [2.45, 2.75) is 20.3 Å². The highest BCUT2D eigenvalue weighted by atomic mass is 35.5. The topological polar surface area (TPSA) is 84.2 Å². The van der Waals surface area contributed by atoms with Crippen LogP contribution in [0.3, 0.4) is 0 Å². The van der Waals surface area contributed by atoms with Crippen LogP contribution >= 0.6 is 24.8 Å². The first-order chi connectivity index (χ1) is 10.1. The summed E-state index contributed by atoms with van der Waals surface area (Å²) in [6, 6.07) is 1.91. The summed E-state index contributed by atoms with van der Waals surface area (Å²) in [5.74, 6) is 0.349. The van der Waals surface area contributed by atoms with Crippen LogP contribution in [0.25, 0.3) is 5.78 Å². The molecule has 0 aromatic carbocycles. The van der Waals surface area contributed by atoms with E-state index in [-0.39, 0.29) is 36.5 Å². The number of amides is 1. The van der Waals surface area contributed by atoms with Gasteiger partial charge in [-0.15, -0.1) is 29.9 Å². The van der Waals surface area contributed by atoms with Gasteiger partial charge in [0.25, 0.3) is 11.7 Å². The minimum absolute atomic E-state index is 0. The van der Waals surface area contributed by atoms with Crippen LogP contribution in [0.4, 0.5) is 0 Å². The van der Waals surface area contributed by atoms with Crippen LogP contribution in [-0.2, 0) is 0 Å². The highest BCUT2D eigenvalue weighted by Gasteiger charge is 2.15. The summed E-state index contributed by atoms with van der Waals surface area (Å²) < 4.78 is 1.59. The van der Waals surface area contributed by atoms with Gasteiger partial charge in [-0.25, -0.2) is 9.50 Å². The first-order valence-electron chi connectivity index (χ1n) is 7.01. The van der Waals surface area contributed by atoms with Gasteiger partial charge in [-0.05, 0) is 32.9 Å². The third-order valence-electron chi connectivity index (χ3n) is 3.46. The Morgan fingerprint density at radius 1 is 1.35 bits per heavy atom. The lowest BCUT2D eigenvalue weighted by atomic mass is 10.1. The van der Waals surface area contributed by atoms with E-state index >= 15 is 0 Å². The molecule has 2 aromatic heterocycles. The number of halogens is 2. The number of hydrogen-bond acceptors (Lipinski definition) is 5. The summed E-state index contributed by atoms with van der Waals surface area (Å²) in [7, 11) is 0. The second-order valence-corrected chi connectivity index (χ2v) is 5.19. The molecule has 0 bridgehead atoms. The number of aryl methyl sites for hydroxylation is 2. The standard InChI is InChI=1S/C14H18N6O.2ClH/c1-9-7-10(2)20-14(17-9)18-12(19-20)13(21)16-8-11-3-5-15-6-4-11;;/h3,7,15H,4-6,8H2,1-2H3,(H,16,21);2*1H. The average Bonchev–Trinajstić information content (AvgIpc) is 2.90. The average molecular weight is 359 g/mol. The smallest absolute Gasteiger partial charge is 0.291 e. The predicted molar refractivity (Wildman–Crippen MR) is 92.7 cm³/mol. The highest BCUT2D eigenvalue weighted by molar-refractivity contribution is 5.90. The van der Waals surface area contributed by atoms with Gasteiger partial charge in [-0.1, -0.05) is 11.6 Å². The van der Waals surface area contributed by atoms with Gasteiger partial charge < -0.3 is 10.6 Å². The fourth-order valence-electron chi connectivity index (χ4n) is 2.37. The highest BCUT2D eigenvalue weighted by Crippen LogP contribution is 2.06. The van der Waals surface area contributed by atoms with Gasteiger partial charge in [-0.3, -0.25) is 4.79 Å². The van der Waals surface area contributed by atoms with E-state index in [4.69, 9.17) is 0 Å². The minimum Gasteiger partial charge on any atom is -0.346 e. The van der Waals surface area contributed by atoms with Crippen molar-refractivity contribution < 1.29 is 4.79 Å².